The highest BCUT2D eigenvalue weighted by molar-refractivity contribution is 5.17. The van der Waals surface area contributed by atoms with Gasteiger partial charge in [0.05, 0.1) is 6.10 Å². The summed E-state index contributed by atoms with van der Waals surface area (Å²) in [6.45, 7) is 7.14. The molecule has 0 amide bonds. The van der Waals surface area contributed by atoms with Gasteiger partial charge in [-0.1, -0.05) is 69.9 Å². The predicted octanol–water partition coefficient (Wildman–Crippen LogP) is 4.32. The fraction of sp³-hybridized carbons (Fsp3) is 0.647. The minimum atomic E-state index is 0.187. The predicted molar refractivity (Wildman–Crippen MR) is 82.4 cm³/mol. The maximum Gasteiger partial charge on any atom is 0.0949 e. The van der Waals surface area contributed by atoms with E-state index in [1.165, 1.54) is 37.7 Å². The van der Waals surface area contributed by atoms with Gasteiger partial charge in [-0.15, -0.1) is 0 Å². The lowest BCUT2D eigenvalue weighted by molar-refractivity contribution is 0.0502. The molecule has 0 saturated carbocycles. The third-order valence-electron chi connectivity index (χ3n) is 3.32. The molecule has 0 aromatic heterocycles. The first-order chi connectivity index (χ1) is 9.38. The first-order valence-corrected chi connectivity index (χ1v) is 7.75. The van der Waals surface area contributed by atoms with Gasteiger partial charge in [0, 0.05) is 13.2 Å². The van der Waals surface area contributed by atoms with E-state index in [1.807, 2.05) is 0 Å². The van der Waals surface area contributed by atoms with Crippen LogP contribution in [0.25, 0.3) is 0 Å². The van der Waals surface area contributed by atoms with Crippen molar-refractivity contribution in [1.29, 1.82) is 0 Å². The molecule has 1 aromatic rings. The summed E-state index contributed by atoms with van der Waals surface area (Å²) >= 11 is 0. The molecular weight excluding hydrogens is 234 g/mol. The Balaban J connectivity index is 2.30. The van der Waals surface area contributed by atoms with Crippen LogP contribution in [0.15, 0.2) is 30.3 Å². The molecule has 0 aliphatic heterocycles. The molecule has 108 valence electrons. The summed E-state index contributed by atoms with van der Waals surface area (Å²) in [4.78, 5) is 0. The number of unbranched alkanes of at least 4 members (excludes halogenated alkanes) is 4. The summed E-state index contributed by atoms with van der Waals surface area (Å²) in [7, 11) is 0. The fourth-order valence-corrected chi connectivity index (χ4v) is 2.15. The van der Waals surface area contributed by atoms with Gasteiger partial charge in [0.1, 0.15) is 0 Å². The van der Waals surface area contributed by atoms with Crippen LogP contribution in [0.3, 0.4) is 0 Å². The number of likely N-dealkylation sites (N-methyl/N-ethyl adjacent to an activating group) is 1. The molecule has 2 nitrogen and oxygen atoms in total. The molecule has 0 fully saturated rings. The minimum Gasteiger partial charge on any atom is -0.372 e. The van der Waals surface area contributed by atoms with E-state index in [1.54, 1.807) is 0 Å². The Morgan fingerprint density at radius 1 is 1.00 bits per heavy atom. The van der Waals surface area contributed by atoms with Crippen molar-refractivity contribution in [3.63, 3.8) is 0 Å². The van der Waals surface area contributed by atoms with E-state index in [2.05, 4.69) is 49.5 Å². The van der Waals surface area contributed by atoms with Gasteiger partial charge in [-0.25, -0.2) is 0 Å². The van der Waals surface area contributed by atoms with Crippen molar-refractivity contribution in [1.82, 2.24) is 5.32 Å². The standard InChI is InChI=1S/C17H29NO/c1-3-5-6-7-11-14-19-17(15-18-4-2)16-12-9-8-10-13-16/h8-10,12-13,17-18H,3-7,11,14-15H2,1-2H3. The Labute approximate surface area is 118 Å². The van der Waals surface area contributed by atoms with Crippen molar-refractivity contribution in [2.45, 2.75) is 52.1 Å². The Morgan fingerprint density at radius 3 is 2.42 bits per heavy atom. The summed E-state index contributed by atoms with van der Waals surface area (Å²) in [5.74, 6) is 0. The van der Waals surface area contributed by atoms with E-state index in [0.29, 0.717) is 0 Å². The van der Waals surface area contributed by atoms with Gasteiger partial charge in [-0.3, -0.25) is 0 Å². The zero-order valence-electron chi connectivity index (χ0n) is 12.5. The zero-order chi connectivity index (χ0) is 13.8. The monoisotopic (exact) mass is 263 g/mol. The summed E-state index contributed by atoms with van der Waals surface area (Å²) < 4.78 is 6.05. The second kappa shape index (κ2) is 11.0. The van der Waals surface area contributed by atoms with Gasteiger partial charge < -0.3 is 10.1 Å². The number of hydrogen-bond donors (Lipinski definition) is 1. The summed E-state index contributed by atoms with van der Waals surface area (Å²) in [5, 5.41) is 3.38. The molecule has 0 aliphatic rings. The van der Waals surface area contributed by atoms with Crippen molar-refractivity contribution < 1.29 is 4.74 Å². The van der Waals surface area contributed by atoms with Gasteiger partial charge in [-0.05, 0) is 18.5 Å². The van der Waals surface area contributed by atoms with E-state index in [0.717, 1.165) is 19.7 Å². The molecule has 0 aliphatic carbocycles. The number of benzene rings is 1. The molecule has 1 aromatic carbocycles. The average Bonchev–Trinajstić information content (AvgIpc) is 2.46. The van der Waals surface area contributed by atoms with Gasteiger partial charge in [0.2, 0.25) is 0 Å². The smallest absolute Gasteiger partial charge is 0.0949 e. The maximum absolute atomic E-state index is 6.05. The highest BCUT2D eigenvalue weighted by Gasteiger charge is 2.10. The van der Waals surface area contributed by atoms with E-state index in [-0.39, 0.29) is 6.10 Å². The number of rotatable bonds is 11. The second-order valence-electron chi connectivity index (χ2n) is 4.99. The number of hydrogen-bond acceptors (Lipinski definition) is 2. The topological polar surface area (TPSA) is 21.3 Å². The molecule has 1 N–H and O–H groups in total. The minimum absolute atomic E-state index is 0.187. The molecule has 0 saturated heterocycles. The second-order valence-corrected chi connectivity index (χ2v) is 4.99. The molecule has 2 heteroatoms. The van der Waals surface area contributed by atoms with Crippen molar-refractivity contribution in [3.8, 4) is 0 Å². The maximum atomic E-state index is 6.05. The zero-order valence-corrected chi connectivity index (χ0v) is 12.5. The van der Waals surface area contributed by atoms with Crippen LogP contribution >= 0.6 is 0 Å². The summed E-state index contributed by atoms with van der Waals surface area (Å²) in [5.41, 5.74) is 1.28. The molecule has 1 rings (SSSR count). The first-order valence-electron chi connectivity index (χ1n) is 7.75. The number of nitrogens with one attached hydrogen (secondary N) is 1. The third-order valence-corrected chi connectivity index (χ3v) is 3.32. The Bertz CT molecular complexity index is 299. The molecule has 1 atom stereocenters. The molecular formula is C17H29NO. The van der Waals surface area contributed by atoms with Gasteiger partial charge in [-0.2, -0.15) is 0 Å². The van der Waals surface area contributed by atoms with Crippen LogP contribution in [-0.2, 0) is 4.74 Å². The normalized spacial score (nSPS) is 12.5. The highest BCUT2D eigenvalue weighted by Crippen LogP contribution is 2.17. The Hall–Kier alpha value is -0.860. The van der Waals surface area contributed by atoms with Gasteiger partial charge in [0.15, 0.2) is 0 Å². The SMILES string of the molecule is CCCCCCCOC(CNCC)c1ccccc1. The van der Waals surface area contributed by atoms with Gasteiger partial charge >= 0.3 is 0 Å². The number of ether oxygens (including phenoxy) is 1. The van der Waals surface area contributed by atoms with Gasteiger partial charge in [0.25, 0.3) is 0 Å². The molecule has 0 heterocycles. The molecule has 1 unspecified atom stereocenters. The van der Waals surface area contributed by atoms with Crippen LogP contribution in [-0.4, -0.2) is 19.7 Å². The van der Waals surface area contributed by atoms with Crippen LogP contribution in [0.5, 0.6) is 0 Å². The summed E-state index contributed by atoms with van der Waals surface area (Å²) in [6, 6.07) is 10.5. The lowest BCUT2D eigenvalue weighted by Crippen LogP contribution is -2.23. The van der Waals surface area contributed by atoms with E-state index < -0.39 is 0 Å². The van der Waals surface area contributed by atoms with Crippen LogP contribution in [0, 0.1) is 0 Å². The van der Waals surface area contributed by atoms with Crippen molar-refractivity contribution in [2.75, 3.05) is 19.7 Å². The highest BCUT2D eigenvalue weighted by atomic mass is 16.5. The largest absolute Gasteiger partial charge is 0.372 e. The first kappa shape index (κ1) is 16.2. The summed E-state index contributed by atoms with van der Waals surface area (Å²) in [6.07, 6.45) is 6.63. The average molecular weight is 263 g/mol. The Morgan fingerprint density at radius 2 is 1.74 bits per heavy atom. The van der Waals surface area contributed by atoms with Crippen molar-refractivity contribution in [2.24, 2.45) is 0 Å². The van der Waals surface area contributed by atoms with E-state index in [4.69, 9.17) is 4.74 Å². The fourth-order valence-electron chi connectivity index (χ4n) is 2.15. The molecule has 19 heavy (non-hydrogen) atoms. The lowest BCUT2D eigenvalue weighted by atomic mass is 10.1. The Kier molecular flexibility index (Phi) is 9.38. The van der Waals surface area contributed by atoms with Crippen LogP contribution in [0.4, 0.5) is 0 Å². The van der Waals surface area contributed by atoms with Crippen molar-refractivity contribution >= 4 is 0 Å². The quantitative estimate of drug-likeness (QED) is 0.600. The lowest BCUT2D eigenvalue weighted by Gasteiger charge is -2.18. The van der Waals surface area contributed by atoms with Crippen LogP contribution < -0.4 is 5.32 Å². The van der Waals surface area contributed by atoms with E-state index >= 15 is 0 Å². The molecule has 0 bridgehead atoms. The molecule has 0 spiro atoms. The van der Waals surface area contributed by atoms with Crippen molar-refractivity contribution in [3.05, 3.63) is 35.9 Å². The molecule has 0 radical (unpaired) electrons. The van der Waals surface area contributed by atoms with E-state index in [9.17, 15) is 0 Å². The van der Waals surface area contributed by atoms with Crippen LogP contribution in [0.2, 0.25) is 0 Å². The third kappa shape index (κ3) is 7.34. The van der Waals surface area contributed by atoms with Crippen LogP contribution in [0.1, 0.15) is 57.6 Å².